The average Bonchev–Trinajstić information content (AvgIpc) is 2.44. The maximum Gasteiger partial charge on any atom is 0.488 e. The second-order valence-electron chi connectivity index (χ2n) is 6.54. The molecule has 0 amide bonds. The van der Waals surface area contributed by atoms with E-state index in [0.29, 0.717) is 0 Å². The summed E-state index contributed by atoms with van der Waals surface area (Å²) in [7, 11) is -0.957. The van der Waals surface area contributed by atoms with Crippen molar-refractivity contribution >= 4 is 14.0 Å². The third-order valence-electron chi connectivity index (χ3n) is 4.09. The van der Waals surface area contributed by atoms with Crippen LogP contribution in [-0.2, 0) is 18.6 Å². The highest BCUT2D eigenvalue weighted by atomic mass is 16.7. The lowest BCUT2D eigenvalue weighted by Gasteiger charge is -2.32. The fraction of sp³-hybridized carbons (Fsp3) is 1.00. The normalized spacial score (nSPS) is 35.1. The van der Waals surface area contributed by atoms with Gasteiger partial charge in [0.05, 0.1) is 23.4 Å². The van der Waals surface area contributed by atoms with Crippen molar-refractivity contribution in [2.45, 2.75) is 65.0 Å². The van der Waals surface area contributed by atoms with Crippen LogP contribution in [-0.4, -0.2) is 50.5 Å². The third-order valence-corrected chi connectivity index (χ3v) is 4.09. The molecule has 2 aliphatic rings. The molecular weight excluding hydrogens is 244 g/mol. The zero-order valence-electron chi connectivity index (χ0n) is 12.9. The monoisotopic (exact) mass is 269 g/mol. The first-order valence-corrected chi connectivity index (χ1v) is 7.08. The van der Waals surface area contributed by atoms with Crippen molar-refractivity contribution in [1.82, 2.24) is 5.32 Å². The minimum atomic E-state index is -0.479. The lowest BCUT2D eigenvalue weighted by molar-refractivity contribution is 0.00578. The topological polar surface area (TPSA) is 49.0 Å². The maximum atomic E-state index is 6.00. The second kappa shape index (κ2) is 5.37. The smallest absolute Gasteiger partial charge is 0.409 e. The van der Waals surface area contributed by atoms with E-state index in [2.05, 4.69) is 5.32 Å². The van der Waals surface area contributed by atoms with E-state index < -0.39 is 14.0 Å². The summed E-state index contributed by atoms with van der Waals surface area (Å²) in [5.41, 5.74) is -0.727. The van der Waals surface area contributed by atoms with Gasteiger partial charge in [0, 0.05) is 13.1 Å². The van der Waals surface area contributed by atoms with Gasteiger partial charge in [0.2, 0.25) is 0 Å². The molecule has 7 heteroatoms. The molecule has 0 saturated carbocycles. The van der Waals surface area contributed by atoms with E-state index >= 15 is 0 Å². The largest absolute Gasteiger partial charge is 0.488 e. The van der Waals surface area contributed by atoms with Crippen LogP contribution in [0.2, 0.25) is 0 Å². The SMILES string of the molecule is C[C@@H]1CNC[C@@H](C)OB(B2OC(C)(C)C(C)(C)O2)O1. The van der Waals surface area contributed by atoms with Crippen molar-refractivity contribution in [2.24, 2.45) is 0 Å². The summed E-state index contributed by atoms with van der Waals surface area (Å²) in [4.78, 5) is 0. The molecule has 0 aromatic rings. The molecule has 2 heterocycles. The fourth-order valence-electron chi connectivity index (χ4n) is 2.20. The molecule has 2 atom stereocenters. The molecule has 0 bridgehead atoms. The molecular formula is C12H25B2NO4. The van der Waals surface area contributed by atoms with Gasteiger partial charge in [-0.3, -0.25) is 0 Å². The van der Waals surface area contributed by atoms with E-state index in [0.717, 1.165) is 13.1 Å². The van der Waals surface area contributed by atoms with Crippen LogP contribution in [0.1, 0.15) is 41.5 Å². The van der Waals surface area contributed by atoms with Crippen molar-refractivity contribution in [3.05, 3.63) is 0 Å². The van der Waals surface area contributed by atoms with E-state index in [1.807, 2.05) is 41.5 Å². The predicted octanol–water partition coefficient (Wildman–Crippen LogP) is 1.06. The number of rotatable bonds is 1. The molecule has 108 valence electrons. The highest BCUT2D eigenvalue weighted by molar-refractivity contribution is 7.11. The van der Waals surface area contributed by atoms with E-state index in [1.54, 1.807) is 0 Å². The van der Waals surface area contributed by atoms with Gasteiger partial charge in [0.25, 0.3) is 0 Å². The van der Waals surface area contributed by atoms with Crippen LogP contribution >= 0.6 is 0 Å². The predicted molar refractivity (Wildman–Crippen MR) is 75.8 cm³/mol. The van der Waals surface area contributed by atoms with Gasteiger partial charge in [-0.15, -0.1) is 0 Å². The third kappa shape index (κ3) is 3.34. The Morgan fingerprint density at radius 3 is 1.68 bits per heavy atom. The minimum absolute atomic E-state index is 0.0662. The Morgan fingerprint density at radius 2 is 1.26 bits per heavy atom. The molecule has 0 radical (unpaired) electrons. The van der Waals surface area contributed by atoms with Crippen LogP contribution in [0.25, 0.3) is 0 Å². The Labute approximate surface area is 117 Å². The van der Waals surface area contributed by atoms with E-state index in [9.17, 15) is 0 Å². The number of hydrogen-bond acceptors (Lipinski definition) is 5. The van der Waals surface area contributed by atoms with Crippen molar-refractivity contribution in [3.63, 3.8) is 0 Å². The van der Waals surface area contributed by atoms with Gasteiger partial charge < -0.3 is 23.9 Å². The Bertz CT molecular complexity index is 299. The quantitative estimate of drug-likeness (QED) is 0.721. The highest BCUT2D eigenvalue weighted by Gasteiger charge is 2.57. The summed E-state index contributed by atoms with van der Waals surface area (Å²) in [6, 6.07) is 0. The zero-order valence-corrected chi connectivity index (χ0v) is 12.9. The van der Waals surface area contributed by atoms with Crippen molar-refractivity contribution in [1.29, 1.82) is 0 Å². The summed E-state index contributed by atoms with van der Waals surface area (Å²) in [5, 5.41) is 3.30. The summed E-state index contributed by atoms with van der Waals surface area (Å²) in [6.07, 6.45) is 0.132. The van der Waals surface area contributed by atoms with Crippen LogP contribution in [0.15, 0.2) is 0 Å². The van der Waals surface area contributed by atoms with Crippen molar-refractivity contribution in [3.8, 4) is 0 Å². The van der Waals surface area contributed by atoms with Crippen molar-refractivity contribution < 1.29 is 18.6 Å². The maximum absolute atomic E-state index is 6.00. The molecule has 0 aromatic heterocycles. The zero-order chi connectivity index (χ0) is 14.3. The lowest BCUT2D eigenvalue weighted by Crippen LogP contribution is -2.52. The first kappa shape index (κ1) is 15.3. The number of nitrogens with one attached hydrogen (secondary N) is 1. The summed E-state index contributed by atoms with van der Waals surface area (Å²) in [6.45, 7) is 13.8. The van der Waals surface area contributed by atoms with Gasteiger partial charge in [0.1, 0.15) is 0 Å². The highest BCUT2D eigenvalue weighted by Crippen LogP contribution is 2.37. The van der Waals surface area contributed by atoms with Gasteiger partial charge >= 0.3 is 14.0 Å². The molecule has 5 nitrogen and oxygen atoms in total. The molecule has 2 rings (SSSR count). The summed E-state index contributed by atoms with van der Waals surface area (Å²) in [5.74, 6) is 0. The molecule has 2 aliphatic heterocycles. The molecule has 1 N–H and O–H groups in total. The van der Waals surface area contributed by atoms with Gasteiger partial charge in [0.15, 0.2) is 0 Å². The second-order valence-corrected chi connectivity index (χ2v) is 6.54. The Morgan fingerprint density at radius 1 is 0.842 bits per heavy atom. The average molecular weight is 269 g/mol. The summed E-state index contributed by atoms with van der Waals surface area (Å²) >= 11 is 0. The van der Waals surface area contributed by atoms with E-state index in [-0.39, 0.29) is 23.4 Å². The fourth-order valence-corrected chi connectivity index (χ4v) is 2.20. The lowest BCUT2D eigenvalue weighted by atomic mass is 9.48. The number of hydrogen-bond donors (Lipinski definition) is 1. The molecule has 2 saturated heterocycles. The van der Waals surface area contributed by atoms with E-state index in [1.165, 1.54) is 0 Å². The molecule has 0 aromatic carbocycles. The first-order chi connectivity index (χ1) is 8.71. The molecule has 0 unspecified atom stereocenters. The van der Waals surface area contributed by atoms with Crippen molar-refractivity contribution in [2.75, 3.05) is 13.1 Å². The van der Waals surface area contributed by atoms with Crippen LogP contribution in [0, 0.1) is 0 Å². The van der Waals surface area contributed by atoms with E-state index in [4.69, 9.17) is 18.6 Å². The molecule has 0 spiro atoms. The Balaban J connectivity index is 2.07. The van der Waals surface area contributed by atoms with Crippen LogP contribution in [0.5, 0.6) is 0 Å². The van der Waals surface area contributed by atoms with Gasteiger partial charge in [-0.1, -0.05) is 0 Å². The Hall–Kier alpha value is -0.0701. The van der Waals surface area contributed by atoms with Crippen LogP contribution < -0.4 is 5.32 Å². The first-order valence-electron chi connectivity index (χ1n) is 7.08. The van der Waals surface area contributed by atoms with Crippen LogP contribution in [0.4, 0.5) is 0 Å². The summed E-state index contributed by atoms with van der Waals surface area (Å²) < 4.78 is 23.8. The van der Waals surface area contributed by atoms with Gasteiger partial charge in [-0.2, -0.15) is 0 Å². The minimum Gasteiger partial charge on any atom is -0.409 e. The van der Waals surface area contributed by atoms with Crippen LogP contribution in [0.3, 0.4) is 0 Å². The van der Waals surface area contributed by atoms with Gasteiger partial charge in [-0.05, 0) is 41.5 Å². The standard InChI is InChI=1S/C12H25B2NO4/c1-9-7-15-8-10(2)17-13(16-9)14-18-11(3,4)12(5,6)19-14/h9-10,15H,7-8H2,1-6H3/t9-,10-/m1/s1. The molecule has 0 aliphatic carbocycles. The van der Waals surface area contributed by atoms with Gasteiger partial charge in [-0.25, -0.2) is 0 Å². The molecule has 19 heavy (non-hydrogen) atoms. The molecule has 2 fully saturated rings. The Kier molecular flexibility index (Phi) is 4.33.